The van der Waals surface area contributed by atoms with Crippen molar-refractivity contribution in [2.24, 2.45) is 23.7 Å². The van der Waals surface area contributed by atoms with E-state index in [2.05, 4.69) is 13.8 Å². The molecule has 0 aromatic carbocycles. The zero-order chi connectivity index (χ0) is 11.5. The number of aliphatic hydroxyl groups excluding tert-OH is 1. The fourth-order valence-electron chi connectivity index (χ4n) is 3.71. The summed E-state index contributed by atoms with van der Waals surface area (Å²) in [6, 6.07) is 0. The second-order valence-electron chi connectivity index (χ2n) is 6.19. The van der Waals surface area contributed by atoms with Gasteiger partial charge in [0.15, 0.2) is 0 Å². The smallest absolute Gasteiger partial charge is 0.393 e. The molecule has 1 nitrogen and oxygen atoms in total. The third kappa shape index (κ3) is 4.28. The number of hydrogen-bond acceptors (Lipinski definition) is 1. The van der Waals surface area contributed by atoms with Crippen molar-refractivity contribution in [3.8, 4) is 0 Å². The quantitative estimate of drug-likeness (QED) is 0.769. The van der Waals surface area contributed by atoms with Gasteiger partial charge in [-0.25, -0.2) is 0 Å². The minimum Gasteiger partial charge on any atom is -0.393 e. The van der Waals surface area contributed by atoms with Crippen molar-refractivity contribution in [3.63, 3.8) is 0 Å². The van der Waals surface area contributed by atoms with Gasteiger partial charge in [-0.1, -0.05) is 38.5 Å². The molecule has 3 unspecified atom stereocenters. The molecule has 0 heterocycles. The molecule has 0 spiro atoms. The molecule has 0 saturated heterocycles. The van der Waals surface area contributed by atoms with Crippen molar-refractivity contribution in [1.82, 2.24) is 0 Å². The van der Waals surface area contributed by atoms with E-state index < -0.39 is 0 Å². The number of hydrogen-bond donors (Lipinski definition) is 1. The van der Waals surface area contributed by atoms with E-state index in [1.807, 2.05) is 0 Å². The van der Waals surface area contributed by atoms with E-state index >= 15 is 0 Å². The van der Waals surface area contributed by atoms with Crippen molar-refractivity contribution < 1.29 is 37.8 Å². The Hall–Kier alpha value is 1.06. The van der Waals surface area contributed by atoms with Gasteiger partial charge in [0, 0.05) is 0 Å². The first-order chi connectivity index (χ1) is 7.70. The van der Waals surface area contributed by atoms with E-state index in [4.69, 9.17) is 0 Å². The average molecular weight is 312 g/mol. The van der Waals surface area contributed by atoms with Gasteiger partial charge in [0.1, 0.15) is 0 Å². The molecule has 1 N–H and O–H groups in total. The molecule has 0 amide bonds. The molecule has 2 fully saturated rings. The van der Waals surface area contributed by atoms with Crippen molar-refractivity contribution in [1.29, 1.82) is 0 Å². The summed E-state index contributed by atoms with van der Waals surface area (Å²) in [7, 11) is 0. The van der Waals surface area contributed by atoms with Crippen LogP contribution in [0.3, 0.4) is 0 Å². The Morgan fingerprint density at radius 2 is 1.59 bits per heavy atom. The third-order valence-corrected chi connectivity index (χ3v) is 5.16. The molecule has 0 aliphatic heterocycles. The van der Waals surface area contributed by atoms with E-state index in [9.17, 15) is 5.11 Å². The number of aliphatic hydroxyl groups is 1. The van der Waals surface area contributed by atoms with Gasteiger partial charge < -0.3 is 12.0 Å². The topological polar surface area (TPSA) is 20.2 Å². The molecule has 3 atom stereocenters. The van der Waals surface area contributed by atoms with Crippen LogP contribution in [0.2, 0.25) is 0 Å². The first-order valence-electron chi connectivity index (χ1n) is 7.18. The predicted molar refractivity (Wildman–Crippen MR) is 67.9 cm³/mol. The summed E-state index contributed by atoms with van der Waals surface area (Å²) < 4.78 is 0. The fraction of sp³-hybridized carbons (Fsp3) is 0.933. The first kappa shape index (κ1) is 16.1. The molecular formula is C15H27OY+2. The van der Waals surface area contributed by atoms with Gasteiger partial charge in [0.05, 0.1) is 6.10 Å². The Labute approximate surface area is 132 Å². The SMILES string of the molecule is [CH2-]CC1CCC(C2CCC(C)C(O)C2)CC1.[Y+3]. The summed E-state index contributed by atoms with van der Waals surface area (Å²) >= 11 is 0. The van der Waals surface area contributed by atoms with Gasteiger partial charge in [-0.3, -0.25) is 0 Å². The molecule has 0 radical (unpaired) electrons. The second-order valence-corrected chi connectivity index (χ2v) is 6.19. The monoisotopic (exact) mass is 312 g/mol. The summed E-state index contributed by atoms with van der Waals surface area (Å²) in [6.45, 7) is 6.22. The van der Waals surface area contributed by atoms with Crippen LogP contribution in [0.25, 0.3) is 0 Å². The predicted octanol–water partition coefficient (Wildman–Crippen LogP) is 3.81. The summed E-state index contributed by atoms with van der Waals surface area (Å²) in [5.74, 6) is 3.15. The maximum atomic E-state index is 9.97. The van der Waals surface area contributed by atoms with Crippen LogP contribution in [0.15, 0.2) is 0 Å². The van der Waals surface area contributed by atoms with Crippen LogP contribution < -0.4 is 0 Å². The normalized spacial score (nSPS) is 42.9. The second kappa shape index (κ2) is 7.60. The Balaban J connectivity index is 0.00000144. The Morgan fingerprint density at radius 3 is 2.12 bits per heavy atom. The summed E-state index contributed by atoms with van der Waals surface area (Å²) in [6.07, 6.45) is 10.3. The van der Waals surface area contributed by atoms with Crippen LogP contribution in [-0.2, 0) is 32.7 Å². The van der Waals surface area contributed by atoms with Gasteiger partial charge in [-0.15, -0.1) is 0 Å². The van der Waals surface area contributed by atoms with E-state index in [1.54, 1.807) is 0 Å². The van der Waals surface area contributed by atoms with E-state index in [1.165, 1.54) is 38.5 Å². The van der Waals surface area contributed by atoms with Crippen molar-refractivity contribution >= 4 is 0 Å². The van der Waals surface area contributed by atoms with Gasteiger partial charge >= 0.3 is 32.7 Å². The summed E-state index contributed by atoms with van der Waals surface area (Å²) in [5, 5.41) is 9.97. The van der Waals surface area contributed by atoms with Crippen LogP contribution in [0.5, 0.6) is 0 Å². The molecule has 0 aromatic rings. The van der Waals surface area contributed by atoms with E-state index in [0.717, 1.165) is 30.6 Å². The summed E-state index contributed by atoms with van der Waals surface area (Å²) in [4.78, 5) is 0. The molecule has 2 aliphatic carbocycles. The Bertz CT molecular complexity index is 211. The molecular weight excluding hydrogens is 285 g/mol. The van der Waals surface area contributed by atoms with Crippen molar-refractivity contribution in [2.45, 2.75) is 64.4 Å². The minimum absolute atomic E-state index is 0. The van der Waals surface area contributed by atoms with Gasteiger partial charge in [-0.2, -0.15) is 6.42 Å². The molecule has 0 bridgehead atoms. The van der Waals surface area contributed by atoms with Crippen LogP contribution >= 0.6 is 0 Å². The van der Waals surface area contributed by atoms with Crippen LogP contribution in [0.1, 0.15) is 58.3 Å². The maximum Gasteiger partial charge on any atom is 3.00 e. The Morgan fingerprint density at radius 1 is 1.00 bits per heavy atom. The third-order valence-electron chi connectivity index (χ3n) is 5.16. The fourth-order valence-corrected chi connectivity index (χ4v) is 3.71. The standard InChI is InChI=1S/C15H27O.Y/c1-3-12-5-8-13(9-6-12)14-7-4-11(2)15(16)10-14;/h11-16H,1,3-10H2,2H3;/q-1;+3. The van der Waals surface area contributed by atoms with E-state index in [0.29, 0.717) is 5.92 Å². The van der Waals surface area contributed by atoms with Gasteiger partial charge in [0.25, 0.3) is 0 Å². The van der Waals surface area contributed by atoms with Gasteiger partial charge in [-0.05, 0) is 37.0 Å². The number of rotatable bonds is 2. The Kier molecular flexibility index (Phi) is 7.21. The molecule has 2 aliphatic rings. The molecule has 94 valence electrons. The van der Waals surface area contributed by atoms with E-state index in [-0.39, 0.29) is 38.8 Å². The minimum atomic E-state index is -0.0238. The zero-order valence-corrected chi connectivity index (χ0v) is 14.1. The molecule has 2 rings (SSSR count). The summed E-state index contributed by atoms with van der Waals surface area (Å²) in [5.41, 5.74) is 0. The van der Waals surface area contributed by atoms with Crippen molar-refractivity contribution in [3.05, 3.63) is 6.92 Å². The molecule has 0 aromatic heterocycles. The van der Waals surface area contributed by atoms with Gasteiger partial charge in [0.2, 0.25) is 0 Å². The first-order valence-corrected chi connectivity index (χ1v) is 7.18. The maximum absolute atomic E-state index is 9.97. The zero-order valence-electron chi connectivity index (χ0n) is 11.3. The van der Waals surface area contributed by atoms with Crippen molar-refractivity contribution in [2.75, 3.05) is 0 Å². The van der Waals surface area contributed by atoms with Crippen LogP contribution in [0, 0.1) is 30.6 Å². The average Bonchev–Trinajstić information content (AvgIpc) is 2.33. The molecule has 2 heteroatoms. The van der Waals surface area contributed by atoms with Crippen LogP contribution in [0.4, 0.5) is 0 Å². The largest absolute Gasteiger partial charge is 3.00 e. The molecule has 17 heavy (non-hydrogen) atoms. The molecule has 2 saturated carbocycles. The van der Waals surface area contributed by atoms with Crippen LogP contribution in [-0.4, -0.2) is 11.2 Å².